The van der Waals surface area contributed by atoms with E-state index < -0.39 is 0 Å². The normalized spacial score (nSPS) is 27.1. The third-order valence-electron chi connectivity index (χ3n) is 6.42. The molecule has 4 saturated heterocycles. The number of anilines is 1. The van der Waals surface area contributed by atoms with E-state index in [-0.39, 0.29) is 11.9 Å². The van der Waals surface area contributed by atoms with Gasteiger partial charge >= 0.3 is 0 Å². The van der Waals surface area contributed by atoms with E-state index in [0.29, 0.717) is 11.7 Å². The van der Waals surface area contributed by atoms with Crippen LogP contribution in [0, 0.1) is 5.92 Å². The first-order valence-corrected chi connectivity index (χ1v) is 10.3. The van der Waals surface area contributed by atoms with Gasteiger partial charge in [0.2, 0.25) is 0 Å². The zero-order valence-electron chi connectivity index (χ0n) is 15.7. The Morgan fingerprint density at radius 2 is 1.78 bits per heavy atom. The number of carbonyl (C=O) groups excluding carboxylic acids is 1. The van der Waals surface area contributed by atoms with Crippen LogP contribution in [0.5, 0.6) is 0 Å². The van der Waals surface area contributed by atoms with Crippen molar-refractivity contribution in [1.29, 1.82) is 0 Å². The van der Waals surface area contributed by atoms with Crippen LogP contribution < -0.4 is 10.2 Å². The lowest BCUT2D eigenvalue weighted by molar-refractivity contribution is 0.0606. The van der Waals surface area contributed by atoms with Crippen LogP contribution in [0.15, 0.2) is 40.8 Å². The van der Waals surface area contributed by atoms with Gasteiger partial charge in [0.05, 0.1) is 0 Å². The zero-order chi connectivity index (χ0) is 18.2. The third kappa shape index (κ3) is 3.25. The fourth-order valence-corrected chi connectivity index (χ4v) is 4.89. The van der Waals surface area contributed by atoms with Crippen LogP contribution >= 0.6 is 0 Å². The van der Waals surface area contributed by atoms with E-state index >= 15 is 0 Å². The SMILES string of the molecule is O=C(N[C@H]1CN2CCC1CC2)c1ccc(-c2ccccc2N2CCCC2)o1. The molecular weight excluding hydrogens is 338 g/mol. The van der Waals surface area contributed by atoms with Crippen molar-refractivity contribution in [2.45, 2.75) is 31.7 Å². The number of piperidine rings is 3. The van der Waals surface area contributed by atoms with Gasteiger partial charge in [0, 0.05) is 36.9 Å². The maximum atomic E-state index is 12.7. The number of benzene rings is 1. The quantitative estimate of drug-likeness (QED) is 0.902. The molecular formula is C22H27N3O2. The molecule has 4 fully saturated rings. The molecule has 5 nitrogen and oxygen atoms in total. The van der Waals surface area contributed by atoms with E-state index in [2.05, 4.69) is 33.3 Å². The molecule has 1 amide bonds. The van der Waals surface area contributed by atoms with Gasteiger partial charge in [-0.15, -0.1) is 0 Å². The number of rotatable bonds is 4. The van der Waals surface area contributed by atoms with Gasteiger partial charge in [0.1, 0.15) is 5.76 Å². The molecule has 142 valence electrons. The fourth-order valence-electron chi connectivity index (χ4n) is 4.89. The molecule has 1 aromatic heterocycles. The minimum atomic E-state index is -0.0846. The molecule has 2 aromatic rings. The summed E-state index contributed by atoms with van der Waals surface area (Å²) >= 11 is 0. The zero-order valence-corrected chi connectivity index (χ0v) is 15.7. The van der Waals surface area contributed by atoms with Gasteiger partial charge in [-0.05, 0) is 69.0 Å². The average Bonchev–Trinajstić information content (AvgIpc) is 3.41. The van der Waals surface area contributed by atoms with Crippen LogP contribution in [0.4, 0.5) is 5.69 Å². The molecule has 1 atom stereocenters. The highest BCUT2D eigenvalue weighted by Gasteiger charge is 2.35. The predicted molar refractivity (Wildman–Crippen MR) is 106 cm³/mol. The molecule has 0 spiro atoms. The van der Waals surface area contributed by atoms with Crippen molar-refractivity contribution in [2.75, 3.05) is 37.6 Å². The molecule has 0 aliphatic carbocycles. The van der Waals surface area contributed by atoms with Crippen molar-refractivity contribution in [3.8, 4) is 11.3 Å². The Labute approximate surface area is 160 Å². The van der Waals surface area contributed by atoms with Crippen LogP contribution in [0.3, 0.4) is 0 Å². The van der Waals surface area contributed by atoms with E-state index in [0.717, 1.165) is 31.0 Å². The van der Waals surface area contributed by atoms with Crippen molar-refractivity contribution < 1.29 is 9.21 Å². The van der Waals surface area contributed by atoms with Gasteiger partial charge in [0.25, 0.3) is 5.91 Å². The van der Waals surface area contributed by atoms with Gasteiger partial charge in [-0.3, -0.25) is 4.79 Å². The first-order valence-electron chi connectivity index (χ1n) is 10.3. The van der Waals surface area contributed by atoms with Crippen LogP contribution in [0.1, 0.15) is 36.2 Å². The highest BCUT2D eigenvalue weighted by atomic mass is 16.4. The number of hydrogen-bond acceptors (Lipinski definition) is 4. The lowest BCUT2D eigenvalue weighted by atomic mass is 9.84. The summed E-state index contributed by atoms with van der Waals surface area (Å²) in [5.41, 5.74) is 2.27. The Morgan fingerprint density at radius 1 is 1.00 bits per heavy atom. The van der Waals surface area contributed by atoms with Crippen molar-refractivity contribution in [2.24, 2.45) is 5.92 Å². The summed E-state index contributed by atoms with van der Waals surface area (Å²) in [7, 11) is 0. The Hall–Kier alpha value is -2.27. The topological polar surface area (TPSA) is 48.7 Å². The molecule has 0 saturated carbocycles. The summed E-state index contributed by atoms with van der Waals surface area (Å²) in [6.45, 7) is 5.50. The number of nitrogens with zero attached hydrogens (tertiary/aromatic N) is 2. The Bertz CT molecular complexity index is 816. The predicted octanol–water partition coefficient (Wildman–Crippen LogP) is 3.37. The maximum Gasteiger partial charge on any atom is 0.287 e. The molecule has 2 bridgehead atoms. The molecule has 1 N–H and O–H groups in total. The van der Waals surface area contributed by atoms with Crippen molar-refractivity contribution in [1.82, 2.24) is 10.2 Å². The third-order valence-corrected chi connectivity index (χ3v) is 6.42. The van der Waals surface area contributed by atoms with Crippen molar-refractivity contribution in [3.63, 3.8) is 0 Å². The molecule has 1 aromatic carbocycles. The van der Waals surface area contributed by atoms with E-state index in [1.54, 1.807) is 0 Å². The second-order valence-corrected chi connectivity index (χ2v) is 8.09. The van der Waals surface area contributed by atoms with Crippen molar-refractivity contribution in [3.05, 3.63) is 42.2 Å². The number of furan rings is 1. The van der Waals surface area contributed by atoms with Gasteiger partial charge in [-0.1, -0.05) is 12.1 Å². The largest absolute Gasteiger partial charge is 0.451 e. The number of fused-ring (bicyclic) bond motifs is 3. The fraction of sp³-hybridized carbons (Fsp3) is 0.500. The molecule has 4 aliphatic rings. The standard InChI is InChI=1S/C22H27N3O2/c26-22(23-18-15-24-13-9-16(18)10-14-24)21-8-7-20(27-21)17-5-1-2-6-19(17)25-11-3-4-12-25/h1-2,5-8,16,18H,3-4,9-15H2,(H,23,26)/t18-/m0/s1. The van der Waals surface area contributed by atoms with Crippen molar-refractivity contribution >= 4 is 11.6 Å². The smallest absolute Gasteiger partial charge is 0.287 e. The summed E-state index contributed by atoms with van der Waals surface area (Å²) in [6, 6.07) is 12.3. The number of hydrogen-bond donors (Lipinski definition) is 1. The Balaban J connectivity index is 1.34. The highest BCUT2D eigenvalue weighted by Crippen LogP contribution is 2.34. The van der Waals surface area contributed by atoms with Gasteiger partial charge < -0.3 is 19.5 Å². The van der Waals surface area contributed by atoms with Gasteiger partial charge in [-0.2, -0.15) is 0 Å². The second-order valence-electron chi connectivity index (χ2n) is 8.09. The summed E-state index contributed by atoms with van der Waals surface area (Å²) in [5, 5.41) is 3.22. The summed E-state index contributed by atoms with van der Waals surface area (Å²) in [6.07, 6.45) is 4.86. The molecule has 0 radical (unpaired) electrons. The number of amides is 1. The van der Waals surface area contributed by atoms with E-state index in [1.165, 1.54) is 44.5 Å². The minimum Gasteiger partial charge on any atom is -0.451 e. The van der Waals surface area contributed by atoms with Gasteiger partial charge in [-0.25, -0.2) is 0 Å². The summed E-state index contributed by atoms with van der Waals surface area (Å²) < 4.78 is 6.00. The van der Waals surface area contributed by atoms with Gasteiger partial charge in [0.15, 0.2) is 5.76 Å². The summed E-state index contributed by atoms with van der Waals surface area (Å²) in [5.74, 6) is 1.72. The minimum absolute atomic E-state index is 0.0846. The Kier molecular flexibility index (Phi) is 4.40. The van der Waals surface area contributed by atoms with Crippen LogP contribution in [0.25, 0.3) is 11.3 Å². The first-order chi connectivity index (χ1) is 13.3. The lowest BCUT2D eigenvalue weighted by Gasteiger charge is -2.44. The highest BCUT2D eigenvalue weighted by molar-refractivity contribution is 5.92. The van der Waals surface area contributed by atoms with E-state index in [9.17, 15) is 4.79 Å². The van der Waals surface area contributed by atoms with E-state index in [4.69, 9.17) is 4.42 Å². The first kappa shape index (κ1) is 16.9. The maximum absolute atomic E-state index is 12.7. The van der Waals surface area contributed by atoms with E-state index in [1.807, 2.05) is 18.2 Å². The molecule has 4 aliphatic heterocycles. The second kappa shape index (κ2) is 7.04. The van der Waals surface area contributed by atoms with Crippen LogP contribution in [-0.4, -0.2) is 49.6 Å². The molecule has 0 unspecified atom stereocenters. The number of nitrogens with one attached hydrogen (secondary N) is 1. The number of para-hydroxylation sites is 1. The molecule has 5 heteroatoms. The Morgan fingerprint density at radius 3 is 2.52 bits per heavy atom. The van der Waals surface area contributed by atoms with Crippen LogP contribution in [0.2, 0.25) is 0 Å². The van der Waals surface area contributed by atoms with Crippen LogP contribution in [-0.2, 0) is 0 Å². The molecule has 6 rings (SSSR count). The summed E-state index contributed by atoms with van der Waals surface area (Å²) in [4.78, 5) is 17.6. The molecule has 5 heterocycles. The number of carbonyl (C=O) groups is 1. The monoisotopic (exact) mass is 365 g/mol. The molecule has 27 heavy (non-hydrogen) atoms. The lowest BCUT2D eigenvalue weighted by Crippen LogP contribution is -2.57. The average molecular weight is 365 g/mol.